The highest BCUT2D eigenvalue weighted by Gasteiger charge is 2.24. The second kappa shape index (κ2) is 10.7. The van der Waals surface area contributed by atoms with Crippen molar-refractivity contribution in [3.05, 3.63) is 95.4 Å². The SMILES string of the molecule is CCc1nn2c(-c3ccc(CN4CCC(c5nc(-c6ccccn6)n[nH]5)CC4)cc3)c(-c3ccccc3)nc2s1. The van der Waals surface area contributed by atoms with Crippen molar-refractivity contribution >= 4 is 16.3 Å². The van der Waals surface area contributed by atoms with E-state index < -0.39 is 0 Å². The van der Waals surface area contributed by atoms with E-state index in [-0.39, 0.29) is 0 Å². The van der Waals surface area contributed by atoms with E-state index >= 15 is 0 Å². The maximum atomic E-state index is 4.99. The minimum atomic E-state index is 0.399. The van der Waals surface area contributed by atoms with Gasteiger partial charge in [-0.25, -0.2) is 14.5 Å². The summed E-state index contributed by atoms with van der Waals surface area (Å²) in [6.45, 7) is 5.14. The topological polar surface area (TPSA) is 87.9 Å². The molecule has 6 aromatic rings. The molecular weight excluding hydrogens is 516 g/mol. The zero-order valence-electron chi connectivity index (χ0n) is 22.4. The normalized spacial score (nSPS) is 14.7. The third-order valence-electron chi connectivity index (χ3n) is 7.60. The van der Waals surface area contributed by atoms with Gasteiger partial charge in [0.15, 0.2) is 5.82 Å². The summed E-state index contributed by atoms with van der Waals surface area (Å²) in [6, 6.07) is 25.1. The summed E-state index contributed by atoms with van der Waals surface area (Å²) < 4.78 is 2.02. The number of piperidine rings is 1. The van der Waals surface area contributed by atoms with Crippen LogP contribution < -0.4 is 0 Å². The molecule has 9 heteroatoms. The predicted molar refractivity (Wildman–Crippen MR) is 158 cm³/mol. The zero-order valence-corrected chi connectivity index (χ0v) is 23.2. The highest BCUT2D eigenvalue weighted by molar-refractivity contribution is 7.16. The predicted octanol–water partition coefficient (Wildman–Crippen LogP) is 6.25. The monoisotopic (exact) mass is 546 g/mol. The lowest BCUT2D eigenvalue weighted by atomic mass is 9.95. The van der Waals surface area contributed by atoms with Crippen molar-refractivity contribution in [1.29, 1.82) is 0 Å². The fourth-order valence-corrected chi connectivity index (χ4v) is 6.28. The van der Waals surface area contributed by atoms with Crippen LogP contribution in [0.25, 0.3) is 39.0 Å². The average molecular weight is 547 g/mol. The third kappa shape index (κ3) is 4.82. The number of pyridine rings is 1. The van der Waals surface area contributed by atoms with Gasteiger partial charge in [-0.3, -0.25) is 15.0 Å². The highest BCUT2D eigenvalue weighted by atomic mass is 32.1. The van der Waals surface area contributed by atoms with Crippen molar-refractivity contribution < 1.29 is 0 Å². The smallest absolute Gasteiger partial charge is 0.213 e. The van der Waals surface area contributed by atoms with Gasteiger partial charge in [0.25, 0.3) is 0 Å². The van der Waals surface area contributed by atoms with Crippen LogP contribution in [0.1, 0.15) is 42.1 Å². The molecule has 7 rings (SSSR count). The first-order valence-corrected chi connectivity index (χ1v) is 14.7. The Hall–Kier alpha value is -4.21. The van der Waals surface area contributed by atoms with Crippen molar-refractivity contribution in [2.45, 2.75) is 38.6 Å². The highest BCUT2D eigenvalue weighted by Crippen LogP contribution is 2.35. The molecule has 0 spiro atoms. The van der Waals surface area contributed by atoms with Crippen molar-refractivity contribution in [3.63, 3.8) is 0 Å². The zero-order chi connectivity index (χ0) is 26.9. The molecule has 0 amide bonds. The summed E-state index contributed by atoms with van der Waals surface area (Å²) in [5.74, 6) is 2.04. The number of H-pyrrole nitrogens is 1. The molecule has 200 valence electrons. The number of nitrogens with zero attached hydrogens (tertiary/aromatic N) is 7. The van der Waals surface area contributed by atoms with Gasteiger partial charge >= 0.3 is 0 Å². The molecule has 4 aromatic heterocycles. The largest absolute Gasteiger partial charge is 0.299 e. The van der Waals surface area contributed by atoms with Crippen LogP contribution in [0, 0.1) is 0 Å². The van der Waals surface area contributed by atoms with Gasteiger partial charge < -0.3 is 0 Å². The molecule has 0 saturated carbocycles. The first kappa shape index (κ1) is 24.8. The van der Waals surface area contributed by atoms with Crippen molar-refractivity contribution in [3.8, 4) is 34.0 Å². The number of hydrogen-bond acceptors (Lipinski definition) is 7. The molecule has 2 aromatic carbocycles. The summed E-state index contributed by atoms with van der Waals surface area (Å²) in [5, 5.41) is 13.5. The molecule has 0 atom stereocenters. The molecule has 0 bridgehead atoms. The number of hydrogen-bond donors (Lipinski definition) is 1. The number of benzene rings is 2. The number of imidazole rings is 1. The molecule has 0 aliphatic carbocycles. The number of nitrogens with one attached hydrogen (secondary N) is 1. The molecule has 0 radical (unpaired) electrons. The van der Waals surface area contributed by atoms with Gasteiger partial charge in [-0.05, 0) is 50.0 Å². The van der Waals surface area contributed by atoms with Gasteiger partial charge in [0, 0.05) is 29.8 Å². The summed E-state index contributed by atoms with van der Waals surface area (Å²) in [6.07, 6.45) is 4.81. The minimum Gasteiger partial charge on any atom is -0.299 e. The van der Waals surface area contributed by atoms with E-state index in [1.165, 1.54) is 5.56 Å². The van der Waals surface area contributed by atoms with E-state index in [9.17, 15) is 0 Å². The maximum absolute atomic E-state index is 4.99. The minimum absolute atomic E-state index is 0.399. The Bertz CT molecular complexity index is 1710. The molecule has 1 fully saturated rings. The van der Waals surface area contributed by atoms with E-state index in [1.54, 1.807) is 17.5 Å². The Labute approximate surface area is 236 Å². The Morgan fingerprint density at radius 3 is 2.45 bits per heavy atom. The van der Waals surface area contributed by atoms with Crippen molar-refractivity contribution in [1.82, 2.24) is 39.7 Å². The lowest BCUT2D eigenvalue weighted by Gasteiger charge is -2.30. The number of aromatic amines is 1. The molecular formula is C31H30N8S. The van der Waals surface area contributed by atoms with Gasteiger partial charge in [0.1, 0.15) is 27.9 Å². The van der Waals surface area contributed by atoms with E-state index in [1.807, 2.05) is 28.8 Å². The average Bonchev–Trinajstić information content (AvgIpc) is 3.74. The Morgan fingerprint density at radius 2 is 1.70 bits per heavy atom. The summed E-state index contributed by atoms with van der Waals surface area (Å²) in [4.78, 5) is 17.6. The number of rotatable bonds is 7. The number of likely N-dealkylation sites (tertiary alicyclic amines) is 1. The second-order valence-corrected chi connectivity index (χ2v) is 11.3. The molecule has 8 nitrogen and oxygen atoms in total. The first-order valence-electron chi connectivity index (χ1n) is 13.8. The Morgan fingerprint density at radius 1 is 0.900 bits per heavy atom. The van der Waals surface area contributed by atoms with Gasteiger partial charge in [-0.2, -0.15) is 10.2 Å². The Balaban J connectivity index is 1.05. The summed E-state index contributed by atoms with van der Waals surface area (Å²) >= 11 is 1.67. The van der Waals surface area contributed by atoms with Crippen molar-refractivity contribution in [2.75, 3.05) is 13.1 Å². The lowest BCUT2D eigenvalue weighted by molar-refractivity contribution is 0.202. The van der Waals surface area contributed by atoms with Crippen LogP contribution in [-0.2, 0) is 13.0 Å². The van der Waals surface area contributed by atoms with Crippen LogP contribution in [-0.4, -0.2) is 52.8 Å². The van der Waals surface area contributed by atoms with Crippen LogP contribution in [0.2, 0.25) is 0 Å². The van der Waals surface area contributed by atoms with Crippen LogP contribution in [0.15, 0.2) is 79.0 Å². The molecule has 1 aliphatic rings. The van der Waals surface area contributed by atoms with E-state index in [0.717, 1.165) is 82.9 Å². The Kier molecular flexibility index (Phi) is 6.67. The van der Waals surface area contributed by atoms with E-state index in [2.05, 4.69) is 75.5 Å². The summed E-state index contributed by atoms with van der Waals surface area (Å²) in [5.41, 5.74) is 6.40. The van der Waals surface area contributed by atoms with Crippen LogP contribution in [0.4, 0.5) is 0 Å². The van der Waals surface area contributed by atoms with Gasteiger partial charge in [-0.15, -0.1) is 0 Å². The van der Waals surface area contributed by atoms with Gasteiger partial charge in [0.05, 0.1) is 0 Å². The molecule has 1 N–H and O–H groups in total. The second-order valence-electron chi connectivity index (χ2n) is 10.2. The lowest BCUT2D eigenvalue weighted by Crippen LogP contribution is -2.32. The summed E-state index contributed by atoms with van der Waals surface area (Å²) in [7, 11) is 0. The number of aromatic nitrogens is 7. The van der Waals surface area contributed by atoms with Crippen LogP contribution >= 0.6 is 11.3 Å². The van der Waals surface area contributed by atoms with E-state index in [4.69, 9.17) is 15.1 Å². The van der Waals surface area contributed by atoms with Gasteiger partial charge in [0.2, 0.25) is 4.96 Å². The fourth-order valence-electron chi connectivity index (χ4n) is 5.44. The third-order valence-corrected chi connectivity index (χ3v) is 8.65. The standard InChI is InChI=1S/C31H30N8S/c1-2-26-37-39-28(27(33-31(39)40-26)22-8-4-3-5-9-22)23-13-11-21(12-14-23)20-38-18-15-24(16-19-38)29-34-30(36-35-29)25-10-6-7-17-32-25/h3-14,17,24H,2,15-16,18-20H2,1H3,(H,34,35,36). The maximum Gasteiger partial charge on any atom is 0.213 e. The molecule has 1 aliphatic heterocycles. The fraction of sp³-hybridized carbons (Fsp3) is 0.258. The first-order chi connectivity index (χ1) is 19.7. The van der Waals surface area contributed by atoms with Crippen LogP contribution in [0.5, 0.6) is 0 Å². The van der Waals surface area contributed by atoms with Crippen LogP contribution in [0.3, 0.4) is 0 Å². The van der Waals surface area contributed by atoms with E-state index in [0.29, 0.717) is 11.7 Å². The number of fused-ring (bicyclic) bond motifs is 1. The molecule has 1 saturated heterocycles. The van der Waals surface area contributed by atoms with Crippen molar-refractivity contribution in [2.24, 2.45) is 0 Å². The number of aryl methyl sites for hydroxylation is 1. The molecule has 40 heavy (non-hydrogen) atoms. The quantitative estimate of drug-likeness (QED) is 0.255. The molecule has 0 unspecified atom stereocenters. The molecule has 5 heterocycles. The van der Waals surface area contributed by atoms with Gasteiger partial charge in [-0.1, -0.05) is 78.9 Å².